The van der Waals surface area contributed by atoms with Gasteiger partial charge in [0.1, 0.15) is 0 Å². The monoisotopic (exact) mass is 330 g/mol. The first-order chi connectivity index (χ1) is 11.0. The van der Waals surface area contributed by atoms with Gasteiger partial charge < -0.3 is 10.6 Å². The predicted octanol–water partition coefficient (Wildman–Crippen LogP) is 3.83. The molecule has 23 heavy (non-hydrogen) atoms. The van der Waals surface area contributed by atoms with E-state index < -0.39 is 0 Å². The minimum atomic E-state index is -0.335. The first-order valence-corrected chi connectivity index (χ1v) is 7.77. The van der Waals surface area contributed by atoms with E-state index in [1.807, 2.05) is 24.3 Å². The van der Waals surface area contributed by atoms with Crippen LogP contribution in [0.15, 0.2) is 48.5 Å². The summed E-state index contributed by atoms with van der Waals surface area (Å²) in [5.74, 6) is -0.174. The van der Waals surface area contributed by atoms with E-state index in [1.165, 1.54) is 5.56 Å². The van der Waals surface area contributed by atoms with Crippen LogP contribution in [0.4, 0.5) is 5.69 Å². The zero-order valence-corrected chi connectivity index (χ0v) is 13.9. The fourth-order valence-corrected chi connectivity index (χ4v) is 2.24. The van der Waals surface area contributed by atoms with Crippen molar-refractivity contribution >= 4 is 29.1 Å². The number of nitrogens with one attached hydrogen (secondary N) is 2. The van der Waals surface area contributed by atoms with Gasteiger partial charge in [0.05, 0.1) is 6.54 Å². The zero-order chi connectivity index (χ0) is 16.8. The Balaban J connectivity index is 1.86. The molecule has 0 saturated carbocycles. The number of benzene rings is 2. The van der Waals surface area contributed by atoms with Crippen molar-refractivity contribution in [1.29, 1.82) is 0 Å². The summed E-state index contributed by atoms with van der Waals surface area (Å²) in [6.45, 7) is 4.12. The van der Waals surface area contributed by atoms with E-state index in [9.17, 15) is 9.59 Å². The van der Waals surface area contributed by atoms with Gasteiger partial charge in [0.2, 0.25) is 5.91 Å². The summed E-state index contributed by atoms with van der Waals surface area (Å²) in [4.78, 5) is 23.8. The lowest BCUT2D eigenvalue weighted by atomic mass is 10.0. The first kappa shape index (κ1) is 17.0. The molecule has 2 aromatic carbocycles. The summed E-state index contributed by atoms with van der Waals surface area (Å²) in [5, 5.41) is 5.79. The number of rotatable bonds is 5. The smallest absolute Gasteiger partial charge is 0.251 e. The first-order valence-electron chi connectivity index (χ1n) is 7.39. The molecule has 0 fully saturated rings. The highest BCUT2D eigenvalue weighted by Gasteiger charge is 2.09. The predicted molar refractivity (Wildman–Crippen MR) is 92.9 cm³/mol. The summed E-state index contributed by atoms with van der Waals surface area (Å²) < 4.78 is 0. The summed E-state index contributed by atoms with van der Waals surface area (Å²) in [6.07, 6.45) is 0. The fraction of sp³-hybridized carbons (Fsp3) is 0.222. The number of hydrogen-bond acceptors (Lipinski definition) is 2. The van der Waals surface area contributed by atoms with Crippen LogP contribution in [0.5, 0.6) is 0 Å². The lowest BCUT2D eigenvalue weighted by Gasteiger charge is -2.09. The van der Waals surface area contributed by atoms with Gasteiger partial charge >= 0.3 is 0 Å². The molecule has 5 heteroatoms. The molecular weight excluding hydrogens is 312 g/mol. The normalized spacial score (nSPS) is 10.4. The maximum Gasteiger partial charge on any atom is 0.251 e. The molecular formula is C18H19ClN2O2. The summed E-state index contributed by atoms with van der Waals surface area (Å²) in [5.41, 5.74) is 2.33. The Morgan fingerprint density at radius 1 is 1.09 bits per heavy atom. The van der Waals surface area contributed by atoms with Crippen LogP contribution < -0.4 is 10.6 Å². The van der Waals surface area contributed by atoms with E-state index >= 15 is 0 Å². The van der Waals surface area contributed by atoms with Crippen LogP contribution in [0.25, 0.3) is 0 Å². The van der Waals surface area contributed by atoms with Crippen molar-refractivity contribution in [1.82, 2.24) is 5.32 Å². The topological polar surface area (TPSA) is 58.2 Å². The van der Waals surface area contributed by atoms with E-state index in [1.54, 1.807) is 24.3 Å². The highest BCUT2D eigenvalue weighted by molar-refractivity contribution is 6.31. The molecule has 120 valence electrons. The van der Waals surface area contributed by atoms with Crippen molar-refractivity contribution in [2.24, 2.45) is 0 Å². The Labute approximate surface area is 140 Å². The maximum atomic E-state index is 11.9. The van der Waals surface area contributed by atoms with Gasteiger partial charge in [-0.2, -0.15) is 0 Å². The Morgan fingerprint density at radius 2 is 1.78 bits per heavy atom. The second-order valence-corrected chi connectivity index (χ2v) is 5.95. The summed E-state index contributed by atoms with van der Waals surface area (Å²) in [6, 6.07) is 14.2. The van der Waals surface area contributed by atoms with Crippen molar-refractivity contribution in [2.45, 2.75) is 19.8 Å². The van der Waals surface area contributed by atoms with Gasteiger partial charge in [-0.05, 0) is 41.8 Å². The Kier molecular flexibility index (Phi) is 5.77. The van der Waals surface area contributed by atoms with Crippen LogP contribution in [0.1, 0.15) is 35.7 Å². The van der Waals surface area contributed by atoms with Crippen molar-refractivity contribution < 1.29 is 9.59 Å². The molecule has 0 radical (unpaired) electrons. The van der Waals surface area contributed by atoms with Gasteiger partial charge in [-0.15, -0.1) is 0 Å². The summed E-state index contributed by atoms with van der Waals surface area (Å²) >= 11 is 5.83. The third-order valence-corrected chi connectivity index (χ3v) is 3.59. The molecule has 0 bridgehead atoms. The highest BCUT2D eigenvalue weighted by Crippen LogP contribution is 2.17. The van der Waals surface area contributed by atoms with Crippen LogP contribution in [-0.2, 0) is 4.79 Å². The van der Waals surface area contributed by atoms with Gasteiger partial charge in [-0.25, -0.2) is 0 Å². The highest BCUT2D eigenvalue weighted by atomic mass is 35.5. The molecule has 2 rings (SSSR count). The Bertz CT molecular complexity index is 696. The van der Waals surface area contributed by atoms with E-state index in [0.29, 0.717) is 22.2 Å². The van der Waals surface area contributed by atoms with Crippen LogP contribution in [0.3, 0.4) is 0 Å². The number of amides is 2. The van der Waals surface area contributed by atoms with Crippen LogP contribution in [0.2, 0.25) is 5.02 Å². The van der Waals surface area contributed by atoms with Crippen molar-refractivity contribution in [3.05, 3.63) is 64.7 Å². The third kappa shape index (κ3) is 5.11. The molecule has 0 aliphatic rings. The number of carbonyl (C=O) groups excluding carboxylic acids is 2. The molecule has 0 aromatic heterocycles. The SMILES string of the molecule is CC(C)c1ccc(NC(=O)CNC(=O)c2cccc(Cl)c2)cc1. The second-order valence-electron chi connectivity index (χ2n) is 5.52. The number of carbonyl (C=O) groups is 2. The quantitative estimate of drug-likeness (QED) is 0.875. The van der Waals surface area contributed by atoms with E-state index in [2.05, 4.69) is 24.5 Å². The van der Waals surface area contributed by atoms with Crippen molar-refractivity contribution in [3.8, 4) is 0 Å². The van der Waals surface area contributed by atoms with Gasteiger partial charge in [-0.1, -0.05) is 43.6 Å². The lowest BCUT2D eigenvalue weighted by Crippen LogP contribution is -2.32. The van der Waals surface area contributed by atoms with Crippen LogP contribution in [-0.4, -0.2) is 18.4 Å². The average Bonchev–Trinajstić information content (AvgIpc) is 2.53. The van der Waals surface area contributed by atoms with Crippen molar-refractivity contribution in [3.63, 3.8) is 0 Å². The molecule has 0 saturated heterocycles. The van der Waals surface area contributed by atoms with Gasteiger partial charge in [-0.3, -0.25) is 9.59 Å². The molecule has 2 amide bonds. The number of halogens is 1. The third-order valence-electron chi connectivity index (χ3n) is 3.36. The molecule has 4 nitrogen and oxygen atoms in total. The summed E-state index contributed by atoms with van der Waals surface area (Å²) in [7, 11) is 0. The van der Waals surface area contributed by atoms with Crippen molar-refractivity contribution in [2.75, 3.05) is 11.9 Å². The molecule has 0 aliphatic heterocycles. The van der Waals surface area contributed by atoms with Gasteiger partial charge in [0.25, 0.3) is 5.91 Å². The molecule has 0 unspecified atom stereocenters. The van der Waals surface area contributed by atoms with Crippen LogP contribution in [0, 0.1) is 0 Å². The van der Waals surface area contributed by atoms with E-state index in [0.717, 1.165) is 0 Å². The van der Waals surface area contributed by atoms with Gasteiger partial charge in [0.15, 0.2) is 0 Å². The zero-order valence-electron chi connectivity index (χ0n) is 13.1. The largest absolute Gasteiger partial charge is 0.343 e. The molecule has 0 aliphatic carbocycles. The Morgan fingerprint density at radius 3 is 2.39 bits per heavy atom. The standard InChI is InChI=1S/C18H19ClN2O2/c1-12(2)13-6-8-16(9-7-13)21-17(22)11-20-18(23)14-4-3-5-15(19)10-14/h3-10,12H,11H2,1-2H3,(H,20,23)(H,21,22). The number of anilines is 1. The molecule has 0 atom stereocenters. The molecule has 0 spiro atoms. The molecule has 0 heterocycles. The minimum Gasteiger partial charge on any atom is -0.343 e. The molecule has 2 aromatic rings. The van der Waals surface area contributed by atoms with E-state index in [4.69, 9.17) is 11.6 Å². The second kappa shape index (κ2) is 7.79. The minimum absolute atomic E-state index is 0.0999. The average molecular weight is 331 g/mol. The van der Waals surface area contributed by atoms with Crippen LogP contribution >= 0.6 is 11.6 Å². The Hall–Kier alpha value is -2.33. The van der Waals surface area contributed by atoms with Gasteiger partial charge in [0, 0.05) is 16.3 Å². The fourth-order valence-electron chi connectivity index (χ4n) is 2.05. The lowest BCUT2D eigenvalue weighted by molar-refractivity contribution is -0.115. The maximum absolute atomic E-state index is 11.9. The molecule has 2 N–H and O–H groups in total. The van der Waals surface area contributed by atoms with E-state index in [-0.39, 0.29) is 18.4 Å². The number of hydrogen-bond donors (Lipinski definition) is 2.